The summed E-state index contributed by atoms with van der Waals surface area (Å²) in [5.74, 6) is 0.714. The maximum absolute atomic E-state index is 12.2. The Kier molecular flexibility index (Phi) is 4.19. The second-order valence-corrected chi connectivity index (χ2v) is 7.07. The molecule has 3 heterocycles. The molecule has 2 aromatic heterocycles. The number of carbonyl (C=O) groups excluding carboxylic acids is 1. The zero-order valence-electron chi connectivity index (χ0n) is 13.8. The third-order valence-electron chi connectivity index (χ3n) is 4.10. The maximum Gasteiger partial charge on any atom is 0.276 e. The highest BCUT2D eigenvalue weighted by Crippen LogP contribution is 2.34. The summed E-state index contributed by atoms with van der Waals surface area (Å²) in [6.45, 7) is 2.80. The summed E-state index contributed by atoms with van der Waals surface area (Å²) < 4.78 is 5.67. The summed E-state index contributed by atoms with van der Waals surface area (Å²) in [6.07, 6.45) is 3.66. The van der Waals surface area contributed by atoms with E-state index in [0.29, 0.717) is 10.8 Å². The minimum Gasteiger partial charge on any atom is -0.493 e. The van der Waals surface area contributed by atoms with E-state index in [-0.39, 0.29) is 5.91 Å². The van der Waals surface area contributed by atoms with Gasteiger partial charge in [0.25, 0.3) is 5.91 Å². The number of rotatable bonds is 3. The van der Waals surface area contributed by atoms with E-state index in [1.54, 1.807) is 24.4 Å². The first-order chi connectivity index (χ1) is 12.2. The van der Waals surface area contributed by atoms with Gasteiger partial charge in [-0.15, -0.1) is 11.3 Å². The molecule has 1 N–H and O–H groups in total. The number of nitrogens with zero attached hydrogens (tertiary/aromatic N) is 2. The Bertz CT molecular complexity index is 922. The molecule has 0 fully saturated rings. The number of benzene rings is 1. The van der Waals surface area contributed by atoms with Crippen molar-refractivity contribution in [1.82, 2.24) is 9.97 Å². The molecule has 5 nitrogen and oxygen atoms in total. The molecule has 0 unspecified atom stereocenters. The Morgan fingerprint density at radius 3 is 3.04 bits per heavy atom. The van der Waals surface area contributed by atoms with Crippen LogP contribution in [0, 0.1) is 6.92 Å². The van der Waals surface area contributed by atoms with E-state index in [9.17, 15) is 4.79 Å². The highest BCUT2D eigenvalue weighted by Gasteiger charge is 2.16. The zero-order chi connectivity index (χ0) is 17.2. The fraction of sp³-hybridized carbons (Fsp3) is 0.211. The normalized spacial score (nSPS) is 13.0. The maximum atomic E-state index is 12.2. The molecule has 0 radical (unpaired) electrons. The molecule has 1 amide bonds. The van der Waals surface area contributed by atoms with Gasteiger partial charge in [0.1, 0.15) is 11.4 Å². The standard InChI is InChI=1S/C19H17N3O2S/c1-12-17(14-7-8-16-13(11-14)5-4-10-24-16)21-19(25-12)22-18(23)15-6-2-3-9-20-15/h2-3,6-9,11H,4-5,10H2,1H3,(H,21,22,23). The zero-order valence-corrected chi connectivity index (χ0v) is 14.6. The van der Waals surface area contributed by atoms with Crippen LogP contribution < -0.4 is 10.1 Å². The van der Waals surface area contributed by atoms with Crippen LogP contribution in [0.3, 0.4) is 0 Å². The summed E-state index contributed by atoms with van der Waals surface area (Å²) >= 11 is 1.47. The number of nitrogens with one attached hydrogen (secondary N) is 1. The van der Waals surface area contributed by atoms with Crippen LogP contribution in [0.25, 0.3) is 11.3 Å². The Hall–Kier alpha value is -2.73. The number of hydrogen-bond donors (Lipinski definition) is 1. The van der Waals surface area contributed by atoms with Gasteiger partial charge in [-0.25, -0.2) is 4.98 Å². The van der Waals surface area contributed by atoms with Crippen LogP contribution in [0.4, 0.5) is 5.13 Å². The summed E-state index contributed by atoms with van der Waals surface area (Å²) in [7, 11) is 0. The number of aromatic nitrogens is 2. The van der Waals surface area contributed by atoms with Gasteiger partial charge in [0.15, 0.2) is 5.13 Å². The van der Waals surface area contributed by atoms with Gasteiger partial charge >= 0.3 is 0 Å². The van der Waals surface area contributed by atoms with Gasteiger partial charge in [0, 0.05) is 16.6 Å². The van der Waals surface area contributed by atoms with E-state index >= 15 is 0 Å². The van der Waals surface area contributed by atoms with Gasteiger partial charge in [-0.3, -0.25) is 15.1 Å². The number of anilines is 1. The van der Waals surface area contributed by atoms with Crippen LogP contribution >= 0.6 is 11.3 Å². The van der Waals surface area contributed by atoms with Gasteiger partial charge in [0.05, 0.1) is 12.3 Å². The SMILES string of the molecule is Cc1sc(NC(=O)c2ccccn2)nc1-c1ccc2c(c1)CCCO2. The topological polar surface area (TPSA) is 64.1 Å². The minimum absolute atomic E-state index is 0.250. The van der Waals surface area contributed by atoms with Crippen molar-refractivity contribution in [2.24, 2.45) is 0 Å². The first kappa shape index (κ1) is 15.8. The van der Waals surface area contributed by atoms with Gasteiger partial charge in [-0.05, 0) is 55.7 Å². The lowest BCUT2D eigenvalue weighted by atomic mass is 10.0. The molecule has 1 aliphatic rings. The third kappa shape index (κ3) is 3.25. The van der Waals surface area contributed by atoms with Crippen molar-refractivity contribution in [3.8, 4) is 17.0 Å². The molecule has 3 aromatic rings. The minimum atomic E-state index is -0.250. The van der Waals surface area contributed by atoms with Crippen molar-refractivity contribution in [3.05, 3.63) is 58.7 Å². The smallest absolute Gasteiger partial charge is 0.276 e. The second-order valence-electron chi connectivity index (χ2n) is 5.87. The number of thiazole rings is 1. The van der Waals surface area contributed by atoms with Crippen LogP contribution in [-0.4, -0.2) is 22.5 Å². The average Bonchev–Trinajstić information content (AvgIpc) is 3.02. The first-order valence-corrected chi connectivity index (χ1v) is 8.98. The number of pyridine rings is 1. The van der Waals surface area contributed by atoms with Crippen LogP contribution in [0.1, 0.15) is 27.3 Å². The van der Waals surface area contributed by atoms with Crippen molar-refractivity contribution >= 4 is 22.4 Å². The van der Waals surface area contributed by atoms with E-state index in [2.05, 4.69) is 21.4 Å². The first-order valence-electron chi connectivity index (χ1n) is 8.16. The molecule has 1 aliphatic heterocycles. The van der Waals surface area contributed by atoms with Crippen LogP contribution in [0.5, 0.6) is 5.75 Å². The van der Waals surface area contributed by atoms with Crippen molar-refractivity contribution < 1.29 is 9.53 Å². The van der Waals surface area contributed by atoms with Gasteiger partial charge in [-0.1, -0.05) is 6.07 Å². The summed E-state index contributed by atoms with van der Waals surface area (Å²) in [5, 5.41) is 3.41. The summed E-state index contributed by atoms with van der Waals surface area (Å²) in [5.41, 5.74) is 3.55. The van der Waals surface area contributed by atoms with Crippen molar-refractivity contribution in [1.29, 1.82) is 0 Å². The molecule has 0 spiro atoms. The number of aryl methyl sites for hydroxylation is 2. The van der Waals surface area contributed by atoms with Crippen LogP contribution in [-0.2, 0) is 6.42 Å². The van der Waals surface area contributed by atoms with E-state index < -0.39 is 0 Å². The molecule has 4 rings (SSSR count). The molecular weight excluding hydrogens is 334 g/mol. The monoisotopic (exact) mass is 351 g/mol. The van der Waals surface area contributed by atoms with Crippen molar-refractivity contribution in [3.63, 3.8) is 0 Å². The molecule has 126 valence electrons. The van der Waals surface area contributed by atoms with Crippen molar-refractivity contribution in [2.75, 3.05) is 11.9 Å². The third-order valence-corrected chi connectivity index (χ3v) is 4.98. The number of hydrogen-bond acceptors (Lipinski definition) is 5. The predicted octanol–water partition coefficient (Wildman–Crippen LogP) is 4.09. The molecule has 0 saturated carbocycles. The molecule has 0 aliphatic carbocycles. The highest BCUT2D eigenvalue weighted by molar-refractivity contribution is 7.16. The van der Waals surface area contributed by atoms with E-state index in [1.807, 2.05) is 19.1 Å². The number of amides is 1. The largest absolute Gasteiger partial charge is 0.493 e. The van der Waals surface area contributed by atoms with Crippen LogP contribution in [0.15, 0.2) is 42.6 Å². The molecular formula is C19H17N3O2S. The molecule has 0 bridgehead atoms. The number of fused-ring (bicyclic) bond motifs is 1. The number of carbonyl (C=O) groups is 1. The molecule has 6 heteroatoms. The fourth-order valence-electron chi connectivity index (χ4n) is 2.88. The molecule has 1 aromatic carbocycles. The molecule has 25 heavy (non-hydrogen) atoms. The second kappa shape index (κ2) is 6.64. The van der Waals surface area contributed by atoms with Crippen LogP contribution in [0.2, 0.25) is 0 Å². The fourth-order valence-corrected chi connectivity index (χ4v) is 3.71. The van der Waals surface area contributed by atoms with E-state index in [0.717, 1.165) is 41.3 Å². The molecule has 0 saturated heterocycles. The quantitative estimate of drug-likeness (QED) is 0.772. The lowest BCUT2D eigenvalue weighted by Gasteiger charge is -2.17. The predicted molar refractivity (Wildman–Crippen MR) is 98.3 cm³/mol. The molecule has 0 atom stereocenters. The van der Waals surface area contributed by atoms with Gasteiger partial charge < -0.3 is 4.74 Å². The van der Waals surface area contributed by atoms with E-state index in [1.165, 1.54) is 16.9 Å². The Labute approximate surface area is 149 Å². The van der Waals surface area contributed by atoms with Crippen molar-refractivity contribution in [2.45, 2.75) is 19.8 Å². The summed E-state index contributed by atoms with van der Waals surface area (Å²) in [6, 6.07) is 11.4. The highest BCUT2D eigenvalue weighted by atomic mass is 32.1. The van der Waals surface area contributed by atoms with Gasteiger partial charge in [-0.2, -0.15) is 0 Å². The Balaban J connectivity index is 1.59. The van der Waals surface area contributed by atoms with E-state index in [4.69, 9.17) is 4.74 Å². The Morgan fingerprint density at radius 2 is 2.20 bits per heavy atom. The average molecular weight is 351 g/mol. The lowest BCUT2D eigenvalue weighted by Crippen LogP contribution is -2.13. The lowest BCUT2D eigenvalue weighted by molar-refractivity contribution is 0.102. The summed E-state index contributed by atoms with van der Waals surface area (Å²) in [4.78, 5) is 22.0. The Morgan fingerprint density at radius 1 is 1.28 bits per heavy atom. The van der Waals surface area contributed by atoms with Gasteiger partial charge in [0.2, 0.25) is 0 Å². The number of ether oxygens (including phenoxy) is 1.